The van der Waals surface area contributed by atoms with Crippen LogP contribution in [0.2, 0.25) is 0 Å². The Kier molecular flexibility index (Phi) is 3.38. The maximum absolute atomic E-state index is 6.09. The van der Waals surface area contributed by atoms with Gasteiger partial charge in [-0.1, -0.05) is 31.9 Å². The van der Waals surface area contributed by atoms with Gasteiger partial charge in [0.15, 0.2) is 5.82 Å². The van der Waals surface area contributed by atoms with Gasteiger partial charge in [-0.05, 0) is 30.0 Å². The largest absolute Gasteiger partial charge is 0.497 e. The molecule has 1 aromatic heterocycles. The van der Waals surface area contributed by atoms with Gasteiger partial charge in [0.05, 0.1) is 7.11 Å². The maximum atomic E-state index is 6.09. The fourth-order valence-electron chi connectivity index (χ4n) is 3.29. The number of aromatic amines is 1. The standard InChI is InChI=1S/C16H21N3O/c1-10-5-3-8-13(10)15-14(16(17)19-18-15)11-6-4-7-12(9-11)20-2/h4,6-7,9-10,13H,3,5,8H2,1-2H3,(H3,17,18,19). The molecule has 1 fully saturated rings. The Morgan fingerprint density at radius 2 is 2.20 bits per heavy atom. The first-order chi connectivity index (χ1) is 9.70. The predicted octanol–water partition coefficient (Wildman–Crippen LogP) is 3.57. The van der Waals surface area contributed by atoms with E-state index in [0.29, 0.717) is 17.7 Å². The van der Waals surface area contributed by atoms with E-state index in [1.807, 2.05) is 18.2 Å². The van der Waals surface area contributed by atoms with Gasteiger partial charge in [-0.2, -0.15) is 5.10 Å². The lowest BCUT2D eigenvalue weighted by molar-refractivity contribution is 0.415. The Morgan fingerprint density at radius 3 is 2.90 bits per heavy atom. The molecule has 1 aliphatic rings. The van der Waals surface area contributed by atoms with Gasteiger partial charge in [0, 0.05) is 17.2 Å². The number of nitrogens with two attached hydrogens (primary N) is 1. The highest BCUT2D eigenvalue weighted by molar-refractivity contribution is 5.77. The number of anilines is 1. The quantitative estimate of drug-likeness (QED) is 0.897. The summed E-state index contributed by atoms with van der Waals surface area (Å²) in [5.74, 6) is 2.63. The Morgan fingerprint density at radius 1 is 1.35 bits per heavy atom. The maximum Gasteiger partial charge on any atom is 0.153 e. The number of nitrogens with one attached hydrogen (secondary N) is 1. The molecule has 0 spiro atoms. The molecule has 1 saturated carbocycles. The fraction of sp³-hybridized carbons (Fsp3) is 0.438. The number of hydrogen-bond donors (Lipinski definition) is 2. The molecule has 2 unspecified atom stereocenters. The lowest BCUT2D eigenvalue weighted by Gasteiger charge is -2.16. The molecular formula is C16H21N3O. The van der Waals surface area contributed by atoms with Gasteiger partial charge in [-0.3, -0.25) is 5.10 Å². The lowest BCUT2D eigenvalue weighted by Crippen LogP contribution is -2.04. The van der Waals surface area contributed by atoms with Gasteiger partial charge in [-0.25, -0.2) is 0 Å². The van der Waals surface area contributed by atoms with Crippen LogP contribution in [0.5, 0.6) is 5.75 Å². The van der Waals surface area contributed by atoms with Crippen molar-refractivity contribution in [2.75, 3.05) is 12.8 Å². The van der Waals surface area contributed by atoms with E-state index in [9.17, 15) is 0 Å². The first kappa shape index (κ1) is 13.0. The highest BCUT2D eigenvalue weighted by atomic mass is 16.5. The Hall–Kier alpha value is -1.97. The van der Waals surface area contributed by atoms with Gasteiger partial charge in [0.1, 0.15) is 5.75 Å². The van der Waals surface area contributed by atoms with Crippen LogP contribution in [-0.4, -0.2) is 17.3 Å². The zero-order valence-electron chi connectivity index (χ0n) is 12.0. The van der Waals surface area contributed by atoms with Crippen LogP contribution in [0.3, 0.4) is 0 Å². The highest BCUT2D eigenvalue weighted by Crippen LogP contribution is 2.43. The molecule has 1 heterocycles. The molecule has 4 nitrogen and oxygen atoms in total. The minimum absolute atomic E-state index is 0.529. The third-order valence-corrected chi connectivity index (χ3v) is 4.41. The second-order valence-electron chi connectivity index (χ2n) is 5.64. The average Bonchev–Trinajstić information content (AvgIpc) is 3.04. The van der Waals surface area contributed by atoms with Gasteiger partial charge in [0.25, 0.3) is 0 Å². The predicted molar refractivity (Wildman–Crippen MR) is 80.7 cm³/mol. The van der Waals surface area contributed by atoms with Crippen molar-refractivity contribution < 1.29 is 4.74 Å². The van der Waals surface area contributed by atoms with Gasteiger partial charge >= 0.3 is 0 Å². The van der Waals surface area contributed by atoms with E-state index in [0.717, 1.165) is 16.9 Å². The molecule has 3 rings (SSSR count). The summed E-state index contributed by atoms with van der Waals surface area (Å²) in [7, 11) is 1.68. The number of ether oxygens (including phenoxy) is 1. The van der Waals surface area contributed by atoms with Crippen LogP contribution in [0, 0.1) is 5.92 Å². The summed E-state index contributed by atoms with van der Waals surface area (Å²) in [4.78, 5) is 0. The normalized spacial score (nSPS) is 22.1. The highest BCUT2D eigenvalue weighted by Gasteiger charge is 2.29. The molecule has 106 valence electrons. The summed E-state index contributed by atoms with van der Waals surface area (Å²) in [6.07, 6.45) is 3.77. The number of aromatic nitrogens is 2. The Labute approximate surface area is 119 Å². The van der Waals surface area contributed by atoms with Crippen LogP contribution in [-0.2, 0) is 0 Å². The van der Waals surface area contributed by atoms with Gasteiger partial charge in [0.2, 0.25) is 0 Å². The van der Waals surface area contributed by atoms with E-state index in [1.54, 1.807) is 7.11 Å². The summed E-state index contributed by atoms with van der Waals surface area (Å²) in [5, 5.41) is 7.41. The van der Waals surface area contributed by atoms with Gasteiger partial charge in [-0.15, -0.1) is 0 Å². The molecule has 1 aliphatic carbocycles. The number of benzene rings is 1. The molecular weight excluding hydrogens is 250 g/mol. The lowest BCUT2D eigenvalue weighted by atomic mass is 9.90. The van der Waals surface area contributed by atoms with Crippen molar-refractivity contribution in [1.82, 2.24) is 10.2 Å². The Bertz CT molecular complexity index is 606. The van der Waals surface area contributed by atoms with E-state index in [2.05, 4.69) is 23.2 Å². The minimum Gasteiger partial charge on any atom is -0.497 e. The zero-order valence-corrected chi connectivity index (χ0v) is 12.0. The van der Waals surface area contributed by atoms with Crippen molar-refractivity contribution in [2.24, 2.45) is 5.92 Å². The van der Waals surface area contributed by atoms with Crippen LogP contribution in [0.25, 0.3) is 11.1 Å². The Balaban J connectivity index is 2.06. The van der Waals surface area contributed by atoms with E-state index in [4.69, 9.17) is 10.5 Å². The topological polar surface area (TPSA) is 63.9 Å². The summed E-state index contributed by atoms with van der Waals surface area (Å²) in [6, 6.07) is 8.01. The molecule has 1 aromatic carbocycles. The van der Waals surface area contributed by atoms with Crippen LogP contribution in [0.1, 0.15) is 37.8 Å². The van der Waals surface area contributed by atoms with Crippen molar-refractivity contribution in [3.63, 3.8) is 0 Å². The van der Waals surface area contributed by atoms with E-state index in [-0.39, 0.29) is 0 Å². The molecule has 0 saturated heterocycles. The molecule has 0 radical (unpaired) electrons. The molecule has 4 heteroatoms. The average molecular weight is 271 g/mol. The first-order valence-corrected chi connectivity index (χ1v) is 7.19. The number of nitrogen functional groups attached to an aromatic ring is 1. The first-order valence-electron chi connectivity index (χ1n) is 7.19. The molecule has 2 atom stereocenters. The van der Waals surface area contributed by atoms with Crippen molar-refractivity contribution in [3.05, 3.63) is 30.0 Å². The summed E-state index contributed by atoms with van der Waals surface area (Å²) < 4.78 is 5.31. The van der Waals surface area contributed by atoms with Crippen LogP contribution < -0.4 is 10.5 Å². The van der Waals surface area contributed by atoms with Crippen molar-refractivity contribution >= 4 is 5.82 Å². The van der Waals surface area contributed by atoms with Crippen molar-refractivity contribution in [3.8, 4) is 16.9 Å². The van der Waals surface area contributed by atoms with E-state index < -0.39 is 0 Å². The molecule has 3 N–H and O–H groups in total. The van der Waals surface area contributed by atoms with Crippen LogP contribution >= 0.6 is 0 Å². The zero-order chi connectivity index (χ0) is 14.1. The van der Waals surface area contributed by atoms with Crippen LogP contribution in [0.15, 0.2) is 24.3 Å². The molecule has 2 aromatic rings. The summed E-state index contributed by atoms with van der Waals surface area (Å²) in [6.45, 7) is 2.31. The number of methoxy groups -OCH3 is 1. The monoisotopic (exact) mass is 271 g/mol. The summed E-state index contributed by atoms with van der Waals surface area (Å²) in [5.41, 5.74) is 9.39. The smallest absolute Gasteiger partial charge is 0.153 e. The van der Waals surface area contributed by atoms with Crippen LogP contribution in [0.4, 0.5) is 5.82 Å². The van der Waals surface area contributed by atoms with Crippen molar-refractivity contribution in [2.45, 2.75) is 32.1 Å². The molecule has 20 heavy (non-hydrogen) atoms. The third-order valence-electron chi connectivity index (χ3n) is 4.41. The summed E-state index contributed by atoms with van der Waals surface area (Å²) >= 11 is 0. The SMILES string of the molecule is COc1cccc(-c2c(N)n[nH]c2C2CCCC2C)c1. The second kappa shape index (κ2) is 5.19. The van der Waals surface area contributed by atoms with E-state index in [1.165, 1.54) is 25.0 Å². The number of H-pyrrole nitrogens is 1. The van der Waals surface area contributed by atoms with Gasteiger partial charge < -0.3 is 10.5 Å². The number of nitrogens with zero attached hydrogens (tertiary/aromatic N) is 1. The molecule has 0 aliphatic heterocycles. The fourth-order valence-corrected chi connectivity index (χ4v) is 3.29. The molecule has 0 bridgehead atoms. The third kappa shape index (κ3) is 2.15. The van der Waals surface area contributed by atoms with E-state index >= 15 is 0 Å². The molecule has 0 amide bonds. The number of rotatable bonds is 3. The van der Waals surface area contributed by atoms with Crippen molar-refractivity contribution in [1.29, 1.82) is 0 Å². The second-order valence-corrected chi connectivity index (χ2v) is 5.64. The minimum atomic E-state index is 0.529. The number of hydrogen-bond acceptors (Lipinski definition) is 3.